The van der Waals surface area contributed by atoms with E-state index in [4.69, 9.17) is 4.74 Å². The highest BCUT2D eigenvalue weighted by Crippen LogP contribution is 2.69. The molecule has 33 heavy (non-hydrogen) atoms. The normalized spacial score (nSPS) is 23.5. The van der Waals surface area contributed by atoms with Crippen LogP contribution in [0, 0.1) is 21.2 Å². The number of rotatable bonds is 7. The molecule has 0 spiro atoms. The smallest absolute Gasteiger partial charge is 0.188 e. The Morgan fingerprint density at radius 3 is 2.52 bits per heavy atom. The van der Waals surface area contributed by atoms with Crippen molar-refractivity contribution < 1.29 is 17.5 Å². The number of halogens is 2. The molecule has 3 aromatic carbocycles. The molecule has 0 aromatic heterocycles. The van der Waals surface area contributed by atoms with Crippen molar-refractivity contribution in [3.8, 4) is 5.75 Å². The van der Waals surface area contributed by atoms with Crippen LogP contribution in [0.4, 0.5) is 4.39 Å². The number of nitrogens with one attached hydrogen (secondary N) is 1. The standard InChI is InChI=1S/C26H25FINO3S/c1-32-21-8-2-17(3-9-21)15-29-16-25-24-12-4-18-14-20(28)7-13-23(18)26(24,25)33(30,31)22-10-5-19(27)6-11-22/h2-3,5-11,13-14,24-25,29H,4,12,15-16H2,1H3. The van der Waals surface area contributed by atoms with E-state index < -0.39 is 20.4 Å². The van der Waals surface area contributed by atoms with Gasteiger partial charge in [0, 0.05) is 22.6 Å². The summed E-state index contributed by atoms with van der Waals surface area (Å²) in [5, 5.41) is 3.49. The van der Waals surface area contributed by atoms with Gasteiger partial charge >= 0.3 is 0 Å². The van der Waals surface area contributed by atoms with Crippen LogP contribution >= 0.6 is 22.6 Å². The van der Waals surface area contributed by atoms with Gasteiger partial charge < -0.3 is 10.1 Å². The van der Waals surface area contributed by atoms with E-state index in [-0.39, 0.29) is 16.7 Å². The summed E-state index contributed by atoms with van der Waals surface area (Å²) in [6, 6.07) is 19.2. The molecule has 0 aliphatic heterocycles. The molecule has 2 aliphatic carbocycles. The van der Waals surface area contributed by atoms with Gasteiger partial charge in [0.05, 0.1) is 12.0 Å². The molecule has 0 saturated heterocycles. The molecule has 0 radical (unpaired) electrons. The van der Waals surface area contributed by atoms with E-state index in [0.717, 1.165) is 38.9 Å². The second-order valence-electron chi connectivity index (χ2n) is 8.78. The molecule has 3 unspecified atom stereocenters. The first-order chi connectivity index (χ1) is 15.9. The van der Waals surface area contributed by atoms with Gasteiger partial charge in [0.1, 0.15) is 16.3 Å². The Hall–Kier alpha value is -1.97. The van der Waals surface area contributed by atoms with E-state index in [1.165, 1.54) is 24.3 Å². The predicted octanol–water partition coefficient (Wildman–Crippen LogP) is 5.09. The van der Waals surface area contributed by atoms with Gasteiger partial charge in [-0.1, -0.05) is 18.2 Å². The van der Waals surface area contributed by atoms with Crippen LogP contribution in [-0.2, 0) is 27.5 Å². The maximum absolute atomic E-state index is 14.1. The molecule has 2 aliphatic rings. The number of ether oxygens (including phenoxy) is 1. The molecule has 1 fully saturated rings. The van der Waals surface area contributed by atoms with Gasteiger partial charge in [0.25, 0.3) is 0 Å². The van der Waals surface area contributed by atoms with Gasteiger partial charge in [0.15, 0.2) is 9.84 Å². The molecule has 5 rings (SSSR count). The fourth-order valence-electron chi connectivity index (χ4n) is 5.55. The van der Waals surface area contributed by atoms with Crippen LogP contribution in [0.1, 0.15) is 23.1 Å². The van der Waals surface area contributed by atoms with E-state index in [9.17, 15) is 12.8 Å². The molecule has 172 valence electrons. The maximum Gasteiger partial charge on any atom is 0.188 e. The first kappa shape index (κ1) is 22.8. The summed E-state index contributed by atoms with van der Waals surface area (Å²) in [5.41, 5.74) is 3.14. The van der Waals surface area contributed by atoms with Crippen LogP contribution < -0.4 is 10.1 Å². The number of methoxy groups -OCH3 is 1. The highest BCUT2D eigenvalue weighted by atomic mass is 127. The Balaban J connectivity index is 1.47. The Labute approximate surface area is 207 Å². The number of aryl methyl sites for hydroxylation is 1. The van der Waals surface area contributed by atoms with Crippen molar-refractivity contribution in [2.75, 3.05) is 13.7 Å². The van der Waals surface area contributed by atoms with Gasteiger partial charge in [-0.3, -0.25) is 0 Å². The topological polar surface area (TPSA) is 55.4 Å². The van der Waals surface area contributed by atoms with Gasteiger partial charge in [0.2, 0.25) is 0 Å². The van der Waals surface area contributed by atoms with Gasteiger partial charge in [-0.25, -0.2) is 12.8 Å². The first-order valence-corrected chi connectivity index (χ1v) is 13.6. The summed E-state index contributed by atoms with van der Waals surface area (Å²) in [4.78, 5) is 0.193. The van der Waals surface area contributed by atoms with E-state index in [0.29, 0.717) is 13.1 Å². The minimum absolute atomic E-state index is 0.0351. The van der Waals surface area contributed by atoms with Gasteiger partial charge in [-0.2, -0.15) is 0 Å². The van der Waals surface area contributed by atoms with Crippen LogP contribution in [0.15, 0.2) is 71.6 Å². The number of benzene rings is 3. The number of hydrogen-bond acceptors (Lipinski definition) is 4. The molecule has 0 bridgehead atoms. The summed E-state index contributed by atoms with van der Waals surface area (Å²) in [6.07, 6.45) is 1.72. The molecular weight excluding hydrogens is 552 g/mol. The summed E-state index contributed by atoms with van der Waals surface area (Å²) < 4.78 is 47.0. The van der Waals surface area contributed by atoms with Crippen LogP contribution in [0.2, 0.25) is 0 Å². The van der Waals surface area contributed by atoms with Crippen LogP contribution in [0.3, 0.4) is 0 Å². The van der Waals surface area contributed by atoms with Crippen molar-refractivity contribution in [1.82, 2.24) is 5.32 Å². The monoisotopic (exact) mass is 577 g/mol. The zero-order chi connectivity index (χ0) is 23.2. The van der Waals surface area contributed by atoms with E-state index >= 15 is 0 Å². The lowest BCUT2D eigenvalue weighted by Gasteiger charge is -2.27. The largest absolute Gasteiger partial charge is 0.497 e. The SMILES string of the molecule is COc1ccc(CNCC2C3CCc4cc(I)ccc4C32S(=O)(=O)c2ccc(F)cc2)cc1. The molecule has 1 saturated carbocycles. The van der Waals surface area contributed by atoms with Gasteiger partial charge in [-0.15, -0.1) is 0 Å². The molecule has 0 amide bonds. The lowest BCUT2D eigenvalue weighted by Crippen LogP contribution is -2.31. The molecule has 3 aromatic rings. The molecule has 7 heteroatoms. The number of hydrogen-bond donors (Lipinski definition) is 1. The average Bonchev–Trinajstić information content (AvgIpc) is 3.49. The van der Waals surface area contributed by atoms with E-state index in [1.54, 1.807) is 7.11 Å². The summed E-state index contributed by atoms with van der Waals surface area (Å²) in [5.74, 6) is 0.383. The van der Waals surface area contributed by atoms with Crippen LogP contribution in [0.25, 0.3) is 0 Å². The van der Waals surface area contributed by atoms with Crippen molar-refractivity contribution in [2.24, 2.45) is 11.8 Å². The molecular formula is C26H25FINO3S. The Morgan fingerprint density at radius 2 is 1.82 bits per heavy atom. The van der Waals surface area contributed by atoms with Crippen molar-refractivity contribution in [2.45, 2.75) is 29.0 Å². The van der Waals surface area contributed by atoms with Crippen LogP contribution in [-0.4, -0.2) is 22.1 Å². The Bertz CT molecular complexity index is 1280. The highest BCUT2D eigenvalue weighted by molar-refractivity contribution is 14.1. The van der Waals surface area contributed by atoms with Gasteiger partial charge in [-0.05, 0) is 107 Å². The average molecular weight is 577 g/mol. The quantitative estimate of drug-likeness (QED) is 0.314. The zero-order valence-corrected chi connectivity index (χ0v) is 21.2. The number of fused-ring (bicyclic) bond motifs is 3. The number of sulfone groups is 1. The van der Waals surface area contributed by atoms with Crippen molar-refractivity contribution >= 4 is 32.4 Å². The zero-order valence-electron chi connectivity index (χ0n) is 18.2. The summed E-state index contributed by atoms with van der Waals surface area (Å²) >= 11 is 2.27. The second kappa shape index (κ2) is 8.67. The predicted molar refractivity (Wildman–Crippen MR) is 134 cm³/mol. The third-order valence-corrected chi connectivity index (χ3v) is 10.4. The maximum atomic E-state index is 14.1. The van der Waals surface area contributed by atoms with E-state index in [1.807, 2.05) is 36.4 Å². The molecule has 3 atom stereocenters. The van der Waals surface area contributed by atoms with Crippen molar-refractivity contribution in [3.05, 3.63) is 92.8 Å². The molecule has 4 nitrogen and oxygen atoms in total. The van der Waals surface area contributed by atoms with Crippen LogP contribution in [0.5, 0.6) is 5.75 Å². The minimum Gasteiger partial charge on any atom is -0.497 e. The lowest BCUT2D eigenvalue weighted by atomic mass is 9.91. The summed E-state index contributed by atoms with van der Waals surface area (Å²) in [7, 11) is -2.07. The van der Waals surface area contributed by atoms with E-state index in [2.05, 4.69) is 34.0 Å². The highest BCUT2D eigenvalue weighted by Gasteiger charge is 2.74. The fraction of sp³-hybridized carbons (Fsp3) is 0.308. The second-order valence-corrected chi connectivity index (χ2v) is 12.2. The fourth-order valence-corrected chi connectivity index (χ4v) is 8.73. The van der Waals surface area contributed by atoms with Crippen molar-refractivity contribution in [3.63, 3.8) is 0 Å². The Morgan fingerprint density at radius 1 is 1.09 bits per heavy atom. The minimum atomic E-state index is -3.71. The third kappa shape index (κ3) is 3.78. The third-order valence-electron chi connectivity index (χ3n) is 7.11. The molecule has 1 N–H and O–H groups in total. The first-order valence-electron chi connectivity index (χ1n) is 11.0. The van der Waals surface area contributed by atoms with Crippen molar-refractivity contribution in [1.29, 1.82) is 0 Å². The Kier molecular flexibility index (Phi) is 5.99. The lowest BCUT2D eigenvalue weighted by molar-refractivity contribution is 0.414. The summed E-state index contributed by atoms with van der Waals surface area (Å²) in [6.45, 7) is 1.25. The molecule has 0 heterocycles.